The van der Waals surface area contributed by atoms with Gasteiger partial charge in [0.1, 0.15) is 0 Å². The minimum Gasteiger partial charge on any atom is -0.135 e. The van der Waals surface area contributed by atoms with Gasteiger partial charge in [0.05, 0.1) is 0 Å². The third kappa shape index (κ3) is 5.02. The number of rotatable bonds is 3. The SMILES string of the molecule is CC1(C)c2cc(-c3ccc4c(c3)C(C)(C)c3ccc5c(ccc6sc7ccccc7c65)c3-4)ccc2-c2ccc(-c3c4ccccc4c(-c4cccc5ccccc45)c4ccccc34)cc21. The van der Waals surface area contributed by atoms with Gasteiger partial charge in [-0.1, -0.05) is 191 Å². The van der Waals surface area contributed by atoms with Crippen LogP contribution in [-0.2, 0) is 10.8 Å². The molecule has 12 aromatic rings. The molecule has 306 valence electrons. The molecule has 0 spiro atoms. The molecule has 1 heterocycles. The Hall–Kier alpha value is -7.32. The van der Waals surface area contributed by atoms with Gasteiger partial charge >= 0.3 is 0 Å². The van der Waals surface area contributed by atoms with E-state index in [0.717, 1.165) is 0 Å². The highest BCUT2D eigenvalue weighted by Crippen LogP contribution is 2.56. The predicted molar refractivity (Wildman–Crippen MR) is 281 cm³/mol. The van der Waals surface area contributed by atoms with E-state index in [9.17, 15) is 0 Å². The summed E-state index contributed by atoms with van der Waals surface area (Å²) in [6, 6.07) is 73.8. The van der Waals surface area contributed by atoms with Gasteiger partial charge in [-0.05, 0) is 151 Å². The van der Waals surface area contributed by atoms with Crippen LogP contribution in [0.2, 0.25) is 0 Å². The van der Waals surface area contributed by atoms with Crippen LogP contribution in [0.4, 0.5) is 0 Å². The van der Waals surface area contributed by atoms with E-state index in [1.165, 1.54) is 141 Å². The van der Waals surface area contributed by atoms with Gasteiger partial charge in [-0.2, -0.15) is 0 Å². The second kappa shape index (κ2) is 13.1. The number of hydrogen-bond donors (Lipinski definition) is 0. The Balaban J connectivity index is 0.880. The van der Waals surface area contributed by atoms with E-state index >= 15 is 0 Å². The lowest BCUT2D eigenvalue weighted by molar-refractivity contribution is 0.660. The van der Waals surface area contributed by atoms with Gasteiger partial charge in [0.25, 0.3) is 0 Å². The molecule has 0 saturated carbocycles. The van der Waals surface area contributed by atoms with Crippen LogP contribution in [0.5, 0.6) is 0 Å². The molecule has 0 unspecified atom stereocenters. The highest BCUT2D eigenvalue weighted by molar-refractivity contribution is 7.26. The normalized spacial score (nSPS) is 14.4. The fourth-order valence-corrected chi connectivity index (χ4v) is 13.4. The van der Waals surface area contributed by atoms with E-state index in [2.05, 4.69) is 222 Å². The van der Waals surface area contributed by atoms with Gasteiger partial charge < -0.3 is 0 Å². The first-order chi connectivity index (χ1) is 31.8. The second-order valence-corrected chi connectivity index (χ2v) is 20.6. The molecule has 0 fully saturated rings. The molecule has 0 N–H and O–H groups in total. The van der Waals surface area contributed by atoms with E-state index in [1.807, 2.05) is 11.3 Å². The predicted octanol–water partition coefficient (Wildman–Crippen LogP) is 18.3. The van der Waals surface area contributed by atoms with Crippen LogP contribution in [0, 0.1) is 0 Å². The molecule has 0 saturated heterocycles. The quantitative estimate of drug-likeness (QED) is 0.155. The third-order valence-corrected chi connectivity index (χ3v) is 16.6. The molecule has 0 radical (unpaired) electrons. The standard InChI is InChI=1S/C64H44S/c1-63(2)53-32-30-50-49(31-33-58-62(50)52-21-11-12-23-57(52)65-58)61(53)51-29-25-39(35-56(51)63)38-24-27-42-43-28-26-40(36-55(43)64(3,4)54(42)34-38)59-45-17-7-9-19-47(45)60(48-20-10-8-18-46(48)59)44-22-13-15-37-14-5-6-16-41(37)44/h5-36H,1-4H3. The van der Waals surface area contributed by atoms with Crippen molar-refractivity contribution in [1.29, 1.82) is 0 Å². The minimum absolute atomic E-state index is 0.120. The van der Waals surface area contributed by atoms with Crippen LogP contribution in [0.15, 0.2) is 194 Å². The van der Waals surface area contributed by atoms with Gasteiger partial charge in [0, 0.05) is 31.0 Å². The first-order valence-corrected chi connectivity index (χ1v) is 23.8. The largest absolute Gasteiger partial charge is 0.135 e. The zero-order chi connectivity index (χ0) is 43.3. The van der Waals surface area contributed by atoms with Crippen molar-refractivity contribution in [1.82, 2.24) is 0 Å². The molecule has 0 bridgehead atoms. The van der Waals surface area contributed by atoms with Crippen LogP contribution < -0.4 is 0 Å². The van der Waals surface area contributed by atoms with Crippen LogP contribution >= 0.6 is 11.3 Å². The fraction of sp³-hybridized carbons (Fsp3) is 0.0938. The Morgan fingerprint density at radius 1 is 0.292 bits per heavy atom. The summed E-state index contributed by atoms with van der Waals surface area (Å²) in [5, 5.41) is 13.1. The average molecular weight is 845 g/mol. The molecule has 0 amide bonds. The summed E-state index contributed by atoms with van der Waals surface area (Å²) in [6.07, 6.45) is 0. The maximum absolute atomic E-state index is 2.51. The summed E-state index contributed by atoms with van der Waals surface area (Å²) in [5.41, 5.74) is 18.5. The summed E-state index contributed by atoms with van der Waals surface area (Å²) in [4.78, 5) is 0. The smallest absolute Gasteiger partial charge is 0.0361 e. The molecule has 0 nitrogen and oxygen atoms in total. The van der Waals surface area contributed by atoms with Crippen LogP contribution in [0.25, 0.3) is 119 Å². The van der Waals surface area contributed by atoms with Crippen molar-refractivity contribution in [2.75, 3.05) is 0 Å². The minimum atomic E-state index is -0.187. The highest BCUT2D eigenvalue weighted by atomic mass is 32.1. The van der Waals surface area contributed by atoms with Gasteiger partial charge in [0.2, 0.25) is 0 Å². The molecule has 11 aromatic carbocycles. The van der Waals surface area contributed by atoms with E-state index in [4.69, 9.17) is 0 Å². The third-order valence-electron chi connectivity index (χ3n) is 15.5. The van der Waals surface area contributed by atoms with Gasteiger partial charge in [-0.3, -0.25) is 0 Å². The van der Waals surface area contributed by atoms with Crippen molar-refractivity contribution in [2.24, 2.45) is 0 Å². The fourth-order valence-electron chi connectivity index (χ4n) is 12.3. The highest BCUT2D eigenvalue weighted by Gasteiger charge is 2.39. The zero-order valence-electron chi connectivity index (χ0n) is 36.9. The average Bonchev–Trinajstić information content (AvgIpc) is 3.92. The van der Waals surface area contributed by atoms with E-state index in [1.54, 1.807) is 0 Å². The van der Waals surface area contributed by atoms with Crippen molar-refractivity contribution < 1.29 is 0 Å². The lowest BCUT2D eigenvalue weighted by Gasteiger charge is -2.24. The number of fused-ring (bicyclic) bond motifs is 15. The maximum atomic E-state index is 2.51. The summed E-state index contributed by atoms with van der Waals surface area (Å²) in [7, 11) is 0. The molecule has 2 aliphatic carbocycles. The van der Waals surface area contributed by atoms with Gasteiger partial charge in [0.15, 0.2) is 0 Å². The lowest BCUT2D eigenvalue weighted by atomic mass is 9.79. The van der Waals surface area contributed by atoms with E-state index < -0.39 is 0 Å². The molecule has 1 heteroatoms. The van der Waals surface area contributed by atoms with Crippen molar-refractivity contribution in [3.63, 3.8) is 0 Å². The first kappa shape index (κ1) is 37.1. The first-order valence-electron chi connectivity index (χ1n) is 23.0. The number of thiophene rings is 1. The van der Waals surface area contributed by atoms with E-state index in [-0.39, 0.29) is 10.8 Å². The number of hydrogen-bond acceptors (Lipinski definition) is 1. The van der Waals surface area contributed by atoms with Gasteiger partial charge in [-0.15, -0.1) is 11.3 Å². The van der Waals surface area contributed by atoms with Crippen LogP contribution in [0.1, 0.15) is 49.9 Å². The Labute approximate surface area is 383 Å². The number of benzene rings is 11. The van der Waals surface area contributed by atoms with Crippen molar-refractivity contribution in [2.45, 2.75) is 38.5 Å². The van der Waals surface area contributed by atoms with Crippen molar-refractivity contribution in [3.05, 3.63) is 216 Å². The Morgan fingerprint density at radius 3 is 1.48 bits per heavy atom. The maximum Gasteiger partial charge on any atom is 0.0361 e. The Bertz CT molecular complexity index is 4000. The van der Waals surface area contributed by atoms with E-state index in [0.29, 0.717) is 0 Å². The van der Waals surface area contributed by atoms with Crippen LogP contribution in [0.3, 0.4) is 0 Å². The molecule has 0 atom stereocenters. The monoisotopic (exact) mass is 844 g/mol. The molecular formula is C64H44S. The van der Waals surface area contributed by atoms with Crippen molar-refractivity contribution in [3.8, 4) is 55.6 Å². The van der Waals surface area contributed by atoms with Crippen molar-refractivity contribution >= 4 is 74.6 Å². The topological polar surface area (TPSA) is 0 Å². The summed E-state index contributed by atoms with van der Waals surface area (Å²) >= 11 is 1.90. The molecule has 14 rings (SSSR count). The summed E-state index contributed by atoms with van der Waals surface area (Å²) < 4.78 is 2.71. The second-order valence-electron chi connectivity index (χ2n) is 19.5. The lowest BCUT2D eigenvalue weighted by Crippen LogP contribution is -2.15. The summed E-state index contributed by atoms with van der Waals surface area (Å²) in [6.45, 7) is 9.67. The Kier molecular flexibility index (Phi) is 7.49. The molecule has 2 aliphatic rings. The summed E-state index contributed by atoms with van der Waals surface area (Å²) in [5.74, 6) is 0. The molecule has 0 aliphatic heterocycles. The molecule has 1 aromatic heterocycles. The van der Waals surface area contributed by atoms with Gasteiger partial charge in [-0.25, -0.2) is 0 Å². The van der Waals surface area contributed by atoms with Crippen LogP contribution in [-0.4, -0.2) is 0 Å². The molecular weight excluding hydrogens is 801 g/mol. The Morgan fingerprint density at radius 2 is 0.785 bits per heavy atom. The zero-order valence-corrected chi connectivity index (χ0v) is 37.7. The molecule has 65 heavy (non-hydrogen) atoms.